The summed E-state index contributed by atoms with van der Waals surface area (Å²) >= 11 is 3.50. The standard InChI is InChI=1S/C13H14BrNO2/c14-9-5-1-4-8-11(13(16)17)7-3-2-6-10(7)15-12(8)9/h1,4-5,7,10-11,15H,2-3,6H2,(H,16,17). The van der Waals surface area contributed by atoms with Crippen molar-refractivity contribution in [1.29, 1.82) is 0 Å². The second-order valence-electron chi connectivity index (χ2n) is 4.87. The third kappa shape index (κ3) is 1.66. The normalized spacial score (nSPS) is 30.3. The fraction of sp³-hybridized carbons (Fsp3) is 0.462. The van der Waals surface area contributed by atoms with Gasteiger partial charge in [0.15, 0.2) is 0 Å². The molecule has 1 aliphatic carbocycles. The molecule has 3 unspecified atom stereocenters. The van der Waals surface area contributed by atoms with E-state index in [2.05, 4.69) is 21.2 Å². The molecular formula is C13H14BrNO2. The summed E-state index contributed by atoms with van der Waals surface area (Å²) in [5.74, 6) is -0.798. The van der Waals surface area contributed by atoms with Crippen molar-refractivity contribution in [3.8, 4) is 0 Å². The highest BCUT2D eigenvalue weighted by molar-refractivity contribution is 9.10. The molecule has 0 radical (unpaired) electrons. The van der Waals surface area contributed by atoms with Gasteiger partial charge >= 0.3 is 5.97 Å². The van der Waals surface area contributed by atoms with Crippen LogP contribution in [0.3, 0.4) is 0 Å². The summed E-state index contributed by atoms with van der Waals surface area (Å²) < 4.78 is 0.964. The molecule has 4 heteroatoms. The van der Waals surface area contributed by atoms with Gasteiger partial charge in [0, 0.05) is 10.5 Å². The third-order valence-corrected chi connectivity index (χ3v) is 4.64. The van der Waals surface area contributed by atoms with Gasteiger partial charge in [-0.2, -0.15) is 0 Å². The van der Waals surface area contributed by atoms with Crippen LogP contribution in [-0.4, -0.2) is 17.1 Å². The molecule has 0 aromatic heterocycles. The Kier molecular flexibility index (Phi) is 2.62. The molecule has 3 rings (SSSR count). The Morgan fingerprint density at radius 1 is 1.41 bits per heavy atom. The second kappa shape index (κ2) is 4.02. The number of carboxylic acid groups (broad SMARTS) is 1. The van der Waals surface area contributed by atoms with Gasteiger partial charge in [0.2, 0.25) is 0 Å². The SMILES string of the molecule is O=C(O)C1c2cccc(Br)c2NC2CCCC21. The van der Waals surface area contributed by atoms with Gasteiger partial charge in [0.25, 0.3) is 0 Å². The maximum atomic E-state index is 11.5. The molecule has 3 atom stereocenters. The first kappa shape index (κ1) is 11.1. The van der Waals surface area contributed by atoms with E-state index in [1.54, 1.807) is 0 Å². The smallest absolute Gasteiger partial charge is 0.311 e. The molecule has 1 saturated carbocycles. The van der Waals surface area contributed by atoms with Crippen molar-refractivity contribution < 1.29 is 9.90 Å². The molecule has 0 saturated heterocycles. The summed E-state index contributed by atoms with van der Waals surface area (Å²) in [5, 5.41) is 13.0. The van der Waals surface area contributed by atoms with Crippen LogP contribution in [0.1, 0.15) is 30.7 Å². The minimum absolute atomic E-state index is 0.245. The molecule has 2 N–H and O–H groups in total. The number of benzene rings is 1. The van der Waals surface area contributed by atoms with E-state index in [-0.39, 0.29) is 11.8 Å². The fourth-order valence-corrected chi connectivity index (χ4v) is 3.75. The van der Waals surface area contributed by atoms with Crippen molar-refractivity contribution in [1.82, 2.24) is 0 Å². The molecule has 0 amide bonds. The zero-order valence-electron chi connectivity index (χ0n) is 9.32. The predicted molar refractivity (Wildman–Crippen MR) is 69.3 cm³/mol. The highest BCUT2D eigenvalue weighted by atomic mass is 79.9. The number of aliphatic carboxylic acids is 1. The number of carbonyl (C=O) groups is 1. The van der Waals surface area contributed by atoms with Crippen LogP contribution in [-0.2, 0) is 4.79 Å². The van der Waals surface area contributed by atoms with E-state index in [0.29, 0.717) is 6.04 Å². The number of para-hydroxylation sites is 1. The highest BCUT2D eigenvalue weighted by Crippen LogP contribution is 2.47. The summed E-state index contributed by atoms with van der Waals surface area (Å²) in [4.78, 5) is 11.5. The Bertz CT molecular complexity index is 474. The van der Waals surface area contributed by atoms with Gasteiger partial charge in [-0.1, -0.05) is 18.6 Å². The van der Waals surface area contributed by atoms with E-state index in [1.807, 2.05) is 18.2 Å². The van der Waals surface area contributed by atoms with Gasteiger partial charge in [-0.25, -0.2) is 0 Å². The quantitative estimate of drug-likeness (QED) is 0.836. The summed E-state index contributed by atoms with van der Waals surface area (Å²) in [6.45, 7) is 0. The molecule has 1 aromatic rings. The van der Waals surface area contributed by atoms with Crippen LogP contribution in [0, 0.1) is 5.92 Å². The first-order valence-electron chi connectivity index (χ1n) is 5.96. The minimum atomic E-state index is -0.692. The van der Waals surface area contributed by atoms with Crippen molar-refractivity contribution in [3.63, 3.8) is 0 Å². The molecular weight excluding hydrogens is 282 g/mol. The van der Waals surface area contributed by atoms with Gasteiger partial charge < -0.3 is 10.4 Å². The molecule has 1 fully saturated rings. The first-order valence-corrected chi connectivity index (χ1v) is 6.75. The van der Waals surface area contributed by atoms with Crippen molar-refractivity contribution in [2.75, 3.05) is 5.32 Å². The summed E-state index contributed by atoms with van der Waals surface area (Å²) in [6, 6.07) is 6.12. The Balaban J connectivity index is 2.13. The number of nitrogens with one attached hydrogen (secondary N) is 1. The Hall–Kier alpha value is -1.03. The Morgan fingerprint density at radius 3 is 3.00 bits per heavy atom. The fourth-order valence-electron chi connectivity index (χ4n) is 3.25. The van der Waals surface area contributed by atoms with Crippen LogP contribution in [0.4, 0.5) is 5.69 Å². The number of halogens is 1. The van der Waals surface area contributed by atoms with Crippen LogP contribution in [0.25, 0.3) is 0 Å². The van der Waals surface area contributed by atoms with Crippen LogP contribution < -0.4 is 5.32 Å². The van der Waals surface area contributed by atoms with E-state index >= 15 is 0 Å². The molecule has 90 valence electrons. The lowest BCUT2D eigenvalue weighted by Gasteiger charge is -2.35. The number of carboxylic acids is 1. The van der Waals surface area contributed by atoms with Crippen LogP contribution in [0.2, 0.25) is 0 Å². The Labute approximate surface area is 108 Å². The third-order valence-electron chi connectivity index (χ3n) is 3.97. The van der Waals surface area contributed by atoms with Gasteiger partial charge in [0.1, 0.15) is 0 Å². The van der Waals surface area contributed by atoms with E-state index in [4.69, 9.17) is 0 Å². The average molecular weight is 296 g/mol. The van der Waals surface area contributed by atoms with Crippen molar-refractivity contribution in [3.05, 3.63) is 28.2 Å². The van der Waals surface area contributed by atoms with Gasteiger partial charge in [-0.05, 0) is 46.3 Å². The van der Waals surface area contributed by atoms with Crippen LogP contribution in [0.5, 0.6) is 0 Å². The lowest BCUT2D eigenvalue weighted by Crippen LogP contribution is -2.37. The number of fused-ring (bicyclic) bond motifs is 2. The summed E-state index contributed by atoms with van der Waals surface area (Å²) in [7, 11) is 0. The van der Waals surface area contributed by atoms with E-state index < -0.39 is 5.97 Å². The maximum Gasteiger partial charge on any atom is 0.311 e. The van der Waals surface area contributed by atoms with E-state index in [1.165, 1.54) is 0 Å². The van der Waals surface area contributed by atoms with Gasteiger partial charge in [0.05, 0.1) is 11.6 Å². The molecule has 1 aromatic carbocycles. The maximum absolute atomic E-state index is 11.5. The van der Waals surface area contributed by atoms with Gasteiger partial charge in [-0.3, -0.25) is 4.79 Å². The first-order chi connectivity index (χ1) is 8.18. The summed E-state index contributed by atoms with van der Waals surface area (Å²) in [5.41, 5.74) is 1.90. The summed E-state index contributed by atoms with van der Waals surface area (Å²) in [6.07, 6.45) is 3.22. The molecule has 1 heterocycles. The monoisotopic (exact) mass is 295 g/mol. The van der Waals surface area contributed by atoms with Crippen LogP contribution in [0.15, 0.2) is 22.7 Å². The lowest BCUT2D eigenvalue weighted by atomic mass is 9.79. The minimum Gasteiger partial charge on any atom is -0.481 e. The van der Waals surface area contributed by atoms with Gasteiger partial charge in [-0.15, -0.1) is 0 Å². The predicted octanol–water partition coefficient (Wildman–Crippen LogP) is 3.21. The number of hydrogen-bond acceptors (Lipinski definition) is 2. The molecule has 3 nitrogen and oxygen atoms in total. The molecule has 17 heavy (non-hydrogen) atoms. The lowest BCUT2D eigenvalue weighted by molar-refractivity contribution is -0.140. The van der Waals surface area contributed by atoms with Crippen molar-refractivity contribution in [2.45, 2.75) is 31.2 Å². The molecule has 0 spiro atoms. The van der Waals surface area contributed by atoms with Crippen molar-refractivity contribution >= 4 is 27.6 Å². The zero-order chi connectivity index (χ0) is 12.0. The Morgan fingerprint density at radius 2 is 2.24 bits per heavy atom. The molecule has 1 aliphatic heterocycles. The van der Waals surface area contributed by atoms with Crippen molar-refractivity contribution in [2.24, 2.45) is 5.92 Å². The van der Waals surface area contributed by atoms with Crippen LogP contribution >= 0.6 is 15.9 Å². The number of rotatable bonds is 1. The highest BCUT2D eigenvalue weighted by Gasteiger charge is 2.43. The molecule has 2 aliphatic rings. The average Bonchev–Trinajstić information content (AvgIpc) is 2.74. The van der Waals surface area contributed by atoms with E-state index in [9.17, 15) is 9.90 Å². The largest absolute Gasteiger partial charge is 0.481 e. The molecule has 0 bridgehead atoms. The van der Waals surface area contributed by atoms with E-state index in [0.717, 1.165) is 35.0 Å². The number of hydrogen-bond donors (Lipinski definition) is 2. The second-order valence-corrected chi connectivity index (χ2v) is 5.72. The number of anilines is 1. The zero-order valence-corrected chi connectivity index (χ0v) is 10.9. The topological polar surface area (TPSA) is 49.3 Å².